The van der Waals surface area contributed by atoms with Gasteiger partial charge in [-0.15, -0.1) is 10.1 Å². The molecule has 6 nitrogen and oxygen atoms in total. The SMILES string of the molecule is O=[N+]([O-])O.ONc1ccccc1. The van der Waals surface area contributed by atoms with Crippen LogP contribution in [0.1, 0.15) is 0 Å². The predicted octanol–water partition coefficient (Wildman–Crippen LogP) is 1.14. The van der Waals surface area contributed by atoms with Gasteiger partial charge in [-0.05, 0) is 12.1 Å². The zero-order valence-corrected chi connectivity index (χ0v) is 6.04. The molecule has 3 N–H and O–H groups in total. The molecule has 0 fully saturated rings. The first kappa shape index (κ1) is 10.2. The summed E-state index contributed by atoms with van der Waals surface area (Å²) in [6, 6.07) is 9.14. The third-order valence-corrected chi connectivity index (χ3v) is 0.903. The summed E-state index contributed by atoms with van der Waals surface area (Å²) in [7, 11) is 0. The first-order valence-corrected chi connectivity index (χ1v) is 2.95. The van der Waals surface area contributed by atoms with Crippen LogP contribution in [0.15, 0.2) is 30.3 Å². The fourth-order valence-corrected chi connectivity index (χ4v) is 0.513. The Morgan fingerprint density at radius 1 is 1.33 bits per heavy atom. The van der Waals surface area contributed by atoms with E-state index in [9.17, 15) is 0 Å². The maximum atomic E-state index is 8.36. The van der Waals surface area contributed by atoms with E-state index in [1.165, 1.54) is 0 Å². The van der Waals surface area contributed by atoms with E-state index < -0.39 is 5.09 Å². The van der Waals surface area contributed by atoms with Crippen molar-refractivity contribution in [1.29, 1.82) is 0 Å². The van der Waals surface area contributed by atoms with Crippen LogP contribution in [0.3, 0.4) is 0 Å². The van der Waals surface area contributed by atoms with Gasteiger partial charge in [0, 0.05) is 0 Å². The van der Waals surface area contributed by atoms with Gasteiger partial charge in [0.25, 0.3) is 5.09 Å². The minimum atomic E-state index is -1.50. The van der Waals surface area contributed by atoms with E-state index in [1.807, 2.05) is 23.7 Å². The number of nitrogens with one attached hydrogen (secondary N) is 1. The van der Waals surface area contributed by atoms with Crippen molar-refractivity contribution in [2.24, 2.45) is 0 Å². The minimum Gasteiger partial charge on any atom is -0.328 e. The maximum Gasteiger partial charge on any atom is 0.291 e. The molecule has 0 aliphatic rings. The Kier molecular flexibility index (Phi) is 5.03. The Hall–Kier alpha value is -1.82. The molecule has 0 heterocycles. The topological polar surface area (TPSA) is 95.6 Å². The number of nitrogens with zero attached hydrogens (tertiary/aromatic N) is 1. The molecule has 0 aliphatic carbocycles. The van der Waals surface area contributed by atoms with E-state index >= 15 is 0 Å². The first-order chi connectivity index (χ1) is 5.66. The Morgan fingerprint density at radius 3 is 2.00 bits per heavy atom. The van der Waals surface area contributed by atoms with Crippen molar-refractivity contribution in [2.45, 2.75) is 0 Å². The zero-order chi connectivity index (χ0) is 9.40. The molecule has 0 amide bonds. The monoisotopic (exact) mass is 172 g/mol. The van der Waals surface area contributed by atoms with Crippen molar-refractivity contribution in [3.05, 3.63) is 40.4 Å². The van der Waals surface area contributed by atoms with E-state index in [0.29, 0.717) is 5.69 Å². The van der Waals surface area contributed by atoms with Gasteiger partial charge in [-0.25, -0.2) is 0 Å². The maximum absolute atomic E-state index is 8.36. The molecule has 1 aromatic rings. The molecule has 1 aromatic carbocycles. The van der Waals surface area contributed by atoms with Crippen LogP contribution in [0, 0.1) is 10.1 Å². The molecule has 0 radical (unpaired) electrons. The highest BCUT2D eigenvalue weighted by Gasteiger charge is 1.79. The Balaban J connectivity index is 0.000000261. The smallest absolute Gasteiger partial charge is 0.291 e. The summed E-state index contributed by atoms with van der Waals surface area (Å²) < 4.78 is 0. The Labute approximate surface area is 68.1 Å². The van der Waals surface area contributed by atoms with E-state index in [1.54, 1.807) is 12.1 Å². The molecule has 0 bridgehead atoms. The second-order valence-electron chi connectivity index (χ2n) is 1.72. The molecule has 1 rings (SSSR count). The molecular weight excluding hydrogens is 164 g/mol. The van der Waals surface area contributed by atoms with Gasteiger partial charge in [-0.2, -0.15) is 0 Å². The molecule has 66 valence electrons. The molecule has 0 atom stereocenters. The second-order valence-corrected chi connectivity index (χ2v) is 1.72. The summed E-state index contributed by atoms with van der Waals surface area (Å²) in [4.78, 5) is 8.36. The third kappa shape index (κ3) is 6.30. The van der Waals surface area contributed by atoms with Crippen LogP contribution < -0.4 is 5.48 Å². The molecule has 0 aliphatic heterocycles. The van der Waals surface area contributed by atoms with Gasteiger partial charge >= 0.3 is 0 Å². The van der Waals surface area contributed by atoms with E-state index in [-0.39, 0.29) is 0 Å². The van der Waals surface area contributed by atoms with Gasteiger partial charge in [0.1, 0.15) is 0 Å². The van der Waals surface area contributed by atoms with Crippen LogP contribution in [-0.2, 0) is 0 Å². The van der Waals surface area contributed by atoms with Crippen molar-refractivity contribution >= 4 is 5.69 Å². The zero-order valence-electron chi connectivity index (χ0n) is 6.04. The highest BCUT2D eigenvalue weighted by molar-refractivity contribution is 5.39. The van der Waals surface area contributed by atoms with Gasteiger partial charge in [0.2, 0.25) is 0 Å². The van der Waals surface area contributed by atoms with E-state index in [4.69, 9.17) is 20.5 Å². The van der Waals surface area contributed by atoms with Crippen molar-refractivity contribution in [3.8, 4) is 0 Å². The van der Waals surface area contributed by atoms with Crippen LogP contribution >= 0.6 is 0 Å². The highest BCUT2D eigenvalue weighted by atomic mass is 16.9. The molecule has 0 saturated carbocycles. The molecule has 0 aromatic heterocycles. The fourth-order valence-electron chi connectivity index (χ4n) is 0.513. The normalized spacial score (nSPS) is 7.75. The average Bonchev–Trinajstić information content (AvgIpc) is 2.05. The van der Waals surface area contributed by atoms with Gasteiger partial charge in [0.05, 0.1) is 5.69 Å². The molecular formula is C6H8N2O4. The molecule has 6 heteroatoms. The summed E-state index contributed by atoms with van der Waals surface area (Å²) in [6.45, 7) is 0. The lowest BCUT2D eigenvalue weighted by Gasteiger charge is -1.92. The third-order valence-electron chi connectivity index (χ3n) is 0.903. The summed E-state index contributed by atoms with van der Waals surface area (Å²) >= 11 is 0. The molecule has 0 unspecified atom stereocenters. The predicted molar refractivity (Wildman–Crippen MR) is 40.6 cm³/mol. The van der Waals surface area contributed by atoms with Crippen molar-refractivity contribution in [3.63, 3.8) is 0 Å². The van der Waals surface area contributed by atoms with Crippen LogP contribution in [-0.4, -0.2) is 15.5 Å². The standard InChI is InChI=1S/C6H7NO.HNO3/c8-7-6-4-2-1-3-5-6;2-1(3)4/h1-5,7-8H;(H,2,3,4). The summed E-state index contributed by atoms with van der Waals surface area (Å²) in [5.41, 5.74) is 2.74. The Bertz CT molecular complexity index is 222. The lowest BCUT2D eigenvalue weighted by atomic mass is 10.3. The number of anilines is 1. The summed E-state index contributed by atoms with van der Waals surface area (Å²) in [5, 5.41) is 21.9. The summed E-state index contributed by atoms with van der Waals surface area (Å²) in [6.07, 6.45) is 0. The van der Waals surface area contributed by atoms with Crippen LogP contribution in [0.5, 0.6) is 0 Å². The average molecular weight is 172 g/mol. The molecule has 0 saturated heterocycles. The molecule has 0 spiro atoms. The van der Waals surface area contributed by atoms with Crippen LogP contribution in [0.4, 0.5) is 5.69 Å². The Morgan fingerprint density at radius 2 is 1.75 bits per heavy atom. The quantitative estimate of drug-likeness (QED) is 0.436. The lowest BCUT2D eigenvalue weighted by molar-refractivity contribution is -0.742. The van der Waals surface area contributed by atoms with Crippen molar-refractivity contribution < 1.29 is 15.5 Å². The largest absolute Gasteiger partial charge is 0.328 e. The lowest BCUT2D eigenvalue weighted by Crippen LogP contribution is -1.85. The van der Waals surface area contributed by atoms with Gasteiger partial charge in [-0.3, -0.25) is 10.7 Å². The number of hydrogen-bond acceptors (Lipinski definition) is 4. The highest BCUT2D eigenvalue weighted by Crippen LogP contribution is 2.01. The number of hydrogen-bond donors (Lipinski definition) is 3. The minimum absolute atomic E-state index is 0.715. The van der Waals surface area contributed by atoms with Crippen molar-refractivity contribution in [1.82, 2.24) is 0 Å². The fraction of sp³-hybridized carbons (Fsp3) is 0. The van der Waals surface area contributed by atoms with Crippen LogP contribution in [0.2, 0.25) is 0 Å². The van der Waals surface area contributed by atoms with Crippen LogP contribution in [0.25, 0.3) is 0 Å². The van der Waals surface area contributed by atoms with Gasteiger partial charge in [0.15, 0.2) is 0 Å². The first-order valence-electron chi connectivity index (χ1n) is 2.95. The number of para-hydroxylation sites is 1. The van der Waals surface area contributed by atoms with Crippen molar-refractivity contribution in [2.75, 3.05) is 5.48 Å². The van der Waals surface area contributed by atoms with E-state index in [2.05, 4.69) is 0 Å². The van der Waals surface area contributed by atoms with Gasteiger partial charge < -0.3 is 5.21 Å². The molecule has 12 heavy (non-hydrogen) atoms. The number of benzene rings is 1. The van der Waals surface area contributed by atoms with E-state index in [0.717, 1.165) is 0 Å². The second kappa shape index (κ2) is 5.93. The summed E-state index contributed by atoms with van der Waals surface area (Å²) in [5.74, 6) is 0. The number of rotatable bonds is 1. The van der Waals surface area contributed by atoms with Gasteiger partial charge in [-0.1, -0.05) is 18.2 Å².